The molecule has 1 aromatic rings. The van der Waals surface area contributed by atoms with Gasteiger partial charge in [0.1, 0.15) is 17.4 Å². The zero-order valence-electron chi connectivity index (χ0n) is 11.5. The quantitative estimate of drug-likeness (QED) is 0.799. The lowest BCUT2D eigenvalue weighted by atomic mass is 9.87. The van der Waals surface area contributed by atoms with E-state index in [-0.39, 0.29) is 23.3 Å². The minimum atomic E-state index is -0.731. The molecule has 20 heavy (non-hydrogen) atoms. The van der Waals surface area contributed by atoms with Crippen LogP contribution in [0.1, 0.15) is 26.7 Å². The Balaban J connectivity index is 2.28. The highest BCUT2D eigenvalue weighted by Crippen LogP contribution is 2.27. The number of anilines is 1. The highest BCUT2D eigenvalue weighted by atomic mass is 19.1. The standard InChI is InChI=1S/C15H17F2NO2/c1-9(2)14(19)13-4-3-5-18(15(13)20)12-7-10(16)6-11(17)8-12/h6-9,13H,3-5H2,1-2H3/t13-/m0/s1. The third-order valence-electron chi connectivity index (χ3n) is 3.51. The van der Waals surface area contributed by atoms with Crippen LogP contribution < -0.4 is 4.90 Å². The van der Waals surface area contributed by atoms with Crippen LogP contribution in [0.4, 0.5) is 14.5 Å². The van der Waals surface area contributed by atoms with E-state index < -0.39 is 17.6 Å². The Morgan fingerprint density at radius 1 is 1.25 bits per heavy atom. The zero-order chi connectivity index (χ0) is 14.9. The van der Waals surface area contributed by atoms with Crippen LogP contribution in [0, 0.1) is 23.5 Å². The molecule has 1 atom stereocenters. The minimum Gasteiger partial charge on any atom is -0.312 e. The predicted molar refractivity (Wildman–Crippen MR) is 71.3 cm³/mol. The normalized spacial score (nSPS) is 19.6. The number of benzene rings is 1. The van der Waals surface area contributed by atoms with Gasteiger partial charge in [-0.05, 0) is 25.0 Å². The highest BCUT2D eigenvalue weighted by Gasteiger charge is 2.35. The van der Waals surface area contributed by atoms with Crippen molar-refractivity contribution in [1.29, 1.82) is 0 Å². The lowest BCUT2D eigenvalue weighted by molar-refractivity contribution is -0.135. The van der Waals surface area contributed by atoms with E-state index in [1.807, 2.05) is 0 Å². The Morgan fingerprint density at radius 3 is 2.40 bits per heavy atom. The second kappa shape index (κ2) is 5.69. The third-order valence-corrected chi connectivity index (χ3v) is 3.51. The van der Waals surface area contributed by atoms with Crippen molar-refractivity contribution in [1.82, 2.24) is 0 Å². The van der Waals surface area contributed by atoms with Gasteiger partial charge in [-0.2, -0.15) is 0 Å². The number of hydrogen-bond acceptors (Lipinski definition) is 2. The lowest BCUT2D eigenvalue weighted by Gasteiger charge is -2.32. The molecule has 3 nitrogen and oxygen atoms in total. The summed E-state index contributed by atoms with van der Waals surface area (Å²) in [5.74, 6) is -2.87. The maximum absolute atomic E-state index is 13.2. The van der Waals surface area contributed by atoms with Crippen LogP contribution in [-0.4, -0.2) is 18.2 Å². The Morgan fingerprint density at radius 2 is 1.85 bits per heavy atom. The Hall–Kier alpha value is -1.78. The van der Waals surface area contributed by atoms with Crippen molar-refractivity contribution in [2.75, 3.05) is 11.4 Å². The molecule has 2 rings (SSSR count). The first-order valence-corrected chi connectivity index (χ1v) is 6.71. The average Bonchev–Trinajstić information content (AvgIpc) is 2.36. The van der Waals surface area contributed by atoms with E-state index in [1.54, 1.807) is 13.8 Å². The summed E-state index contributed by atoms with van der Waals surface area (Å²) in [7, 11) is 0. The van der Waals surface area contributed by atoms with Crippen molar-refractivity contribution in [3.63, 3.8) is 0 Å². The van der Waals surface area contributed by atoms with Gasteiger partial charge in [-0.3, -0.25) is 9.59 Å². The van der Waals surface area contributed by atoms with Crippen molar-refractivity contribution >= 4 is 17.4 Å². The van der Waals surface area contributed by atoms with Gasteiger partial charge >= 0.3 is 0 Å². The topological polar surface area (TPSA) is 37.4 Å². The Bertz CT molecular complexity index is 522. The van der Waals surface area contributed by atoms with E-state index in [1.165, 1.54) is 4.90 Å². The summed E-state index contributed by atoms with van der Waals surface area (Å²) in [4.78, 5) is 25.7. The third kappa shape index (κ3) is 2.86. The van der Waals surface area contributed by atoms with E-state index in [2.05, 4.69) is 0 Å². The second-order valence-electron chi connectivity index (χ2n) is 5.37. The summed E-state index contributed by atoms with van der Waals surface area (Å²) >= 11 is 0. The molecule has 1 fully saturated rings. The first kappa shape index (κ1) is 14.6. The fourth-order valence-electron chi connectivity index (χ4n) is 2.49. The summed E-state index contributed by atoms with van der Waals surface area (Å²) in [6.45, 7) is 3.87. The van der Waals surface area contributed by atoms with Crippen LogP contribution in [-0.2, 0) is 9.59 Å². The van der Waals surface area contributed by atoms with Crippen molar-refractivity contribution < 1.29 is 18.4 Å². The first-order valence-electron chi connectivity index (χ1n) is 6.71. The average molecular weight is 281 g/mol. The number of rotatable bonds is 3. The van der Waals surface area contributed by atoms with Crippen LogP contribution in [0.2, 0.25) is 0 Å². The van der Waals surface area contributed by atoms with Crippen LogP contribution in [0.3, 0.4) is 0 Å². The Kier molecular flexibility index (Phi) is 4.16. The molecular weight excluding hydrogens is 264 g/mol. The molecule has 0 unspecified atom stereocenters. The molecule has 1 heterocycles. The second-order valence-corrected chi connectivity index (χ2v) is 5.37. The van der Waals surface area contributed by atoms with Gasteiger partial charge in [0.15, 0.2) is 0 Å². The number of halogens is 2. The molecule has 1 aliphatic heterocycles. The number of hydrogen-bond donors (Lipinski definition) is 0. The van der Waals surface area contributed by atoms with Gasteiger partial charge < -0.3 is 4.90 Å². The molecule has 0 radical (unpaired) electrons. The fourth-order valence-corrected chi connectivity index (χ4v) is 2.49. The number of ketones is 1. The number of piperidine rings is 1. The number of carbonyl (C=O) groups is 2. The molecule has 0 spiro atoms. The monoisotopic (exact) mass is 281 g/mol. The smallest absolute Gasteiger partial charge is 0.237 e. The molecule has 0 saturated carbocycles. The first-order chi connectivity index (χ1) is 9.40. The van der Waals surface area contributed by atoms with Crippen LogP contribution in [0.5, 0.6) is 0 Å². The maximum atomic E-state index is 13.2. The highest BCUT2D eigenvalue weighted by molar-refractivity contribution is 6.09. The molecule has 0 bridgehead atoms. The van der Waals surface area contributed by atoms with Crippen LogP contribution >= 0.6 is 0 Å². The molecule has 0 N–H and O–H groups in total. The van der Waals surface area contributed by atoms with Gasteiger partial charge in [-0.1, -0.05) is 13.8 Å². The largest absolute Gasteiger partial charge is 0.312 e. The van der Waals surface area contributed by atoms with E-state index in [0.29, 0.717) is 19.4 Å². The number of Topliss-reactive ketones (excluding diaryl/α,β-unsaturated/α-hetero) is 1. The van der Waals surface area contributed by atoms with Crippen molar-refractivity contribution in [2.24, 2.45) is 11.8 Å². The molecule has 5 heteroatoms. The van der Waals surface area contributed by atoms with Crippen LogP contribution in [0.25, 0.3) is 0 Å². The summed E-state index contributed by atoms with van der Waals surface area (Å²) in [5, 5.41) is 0. The van der Waals surface area contributed by atoms with Crippen molar-refractivity contribution in [3.8, 4) is 0 Å². The van der Waals surface area contributed by atoms with Gasteiger partial charge in [0, 0.05) is 24.2 Å². The molecular formula is C15H17F2NO2. The number of carbonyl (C=O) groups excluding carboxylic acids is 2. The van der Waals surface area contributed by atoms with Gasteiger partial charge in [0.05, 0.1) is 5.92 Å². The summed E-state index contributed by atoms with van der Waals surface area (Å²) < 4.78 is 26.5. The Labute approximate surface area is 116 Å². The van der Waals surface area contributed by atoms with Crippen molar-refractivity contribution in [2.45, 2.75) is 26.7 Å². The summed E-state index contributed by atoms with van der Waals surface area (Å²) in [6.07, 6.45) is 1.15. The zero-order valence-corrected chi connectivity index (χ0v) is 11.5. The van der Waals surface area contributed by atoms with E-state index in [4.69, 9.17) is 0 Å². The number of amides is 1. The van der Waals surface area contributed by atoms with E-state index in [0.717, 1.165) is 18.2 Å². The molecule has 1 amide bonds. The summed E-state index contributed by atoms with van der Waals surface area (Å²) in [5.41, 5.74) is 0.175. The van der Waals surface area contributed by atoms with Gasteiger partial charge in [-0.25, -0.2) is 8.78 Å². The van der Waals surface area contributed by atoms with Gasteiger partial charge in [-0.15, -0.1) is 0 Å². The molecule has 0 aliphatic carbocycles. The number of nitrogens with zero attached hydrogens (tertiary/aromatic N) is 1. The van der Waals surface area contributed by atoms with Crippen molar-refractivity contribution in [3.05, 3.63) is 29.8 Å². The molecule has 1 aromatic carbocycles. The molecule has 0 aromatic heterocycles. The van der Waals surface area contributed by atoms with Gasteiger partial charge in [0.25, 0.3) is 0 Å². The maximum Gasteiger partial charge on any atom is 0.237 e. The predicted octanol–water partition coefficient (Wildman–Crippen LogP) is 2.93. The van der Waals surface area contributed by atoms with Crippen LogP contribution in [0.15, 0.2) is 18.2 Å². The minimum absolute atomic E-state index is 0.114. The molecule has 108 valence electrons. The van der Waals surface area contributed by atoms with Gasteiger partial charge in [0.2, 0.25) is 5.91 Å². The lowest BCUT2D eigenvalue weighted by Crippen LogP contribution is -2.45. The molecule has 1 saturated heterocycles. The fraction of sp³-hybridized carbons (Fsp3) is 0.467. The van der Waals surface area contributed by atoms with E-state index >= 15 is 0 Å². The van der Waals surface area contributed by atoms with E-state index in [9.17, 15) is 18.4 Å². The SMILES string of the molecule is CC(C)C(=O)[C@@H]1CCCN(c2cc(F)cc(F)c2)C1=O. The summed E-state index contributed by atoms with van der Waals surface area (Å²) in [6, 6.07) is 2.99. The molecule has 1 aliphatic rings.